The molecule has 4 N–H and O–H groups in total. The molecule has 1 unspecified atom stereocenters. The Labute approximate surface area is 99.8 Å². The SMILES string of the molecule is NCC(C(=O)O)c1cccc2n[nH]c(Br)c12. The molecule has 0 aliphatic heterocycles. The van der Waals surface area contributed by atoms with Crippen LogP contribution in [-0.2, 0) is 4.79 Å². The van der Waals surface area contributed by atoms with Gasteiger partial charge in [0.15, 0.2) is 0 Å². The number of fused-ring (bicyclic) bond motifs is 1. The molecule has 1 aromatic carbocycles. The van der Waals surface area contributed by atoms with Gasteiger partial charge in [-0.25, -0.2) is 0 Å². The highest BCUT2D eigenvalue weighted by molar-refractivity contribution is 9.10. The summed E-state index contributed by atoms with van der Waals surface area (Å²) in [5.41, 5.74) is 6.89. The maximum atomic E-state index is 11.1. The second kappa shape index (κ2) is 4.23. The fraction of sp³-hybridized carbons (Fsp3) is 0.200. The monoisotopic (exact) mass is 283 g/mol. The van der Waals surface area contributed by atoms with Crippen LogP contribution in [0.4, 0.5) is 0 Å². The summed E-state index contributed by atoms with van der Waals surface area (Å²) in [6.45, 7) is 0.0616. The Morgan fingerprint density at radius 3 is 3.00 bits per heavy atom. The number of H-pyrrole nitrogens is 1. The summed E-state index contributed by atoms with van der Waals surface area (Å²) < 4.78 is 0.679. The van der Waals surface area contributed by atoms with E-state index in [0.717, 1.165) is 10.9 Å². The molecule has 0 saturated heterocycles. The third-order valence-corrected chi connectivity index (χ3v) is 3.05. The van der Waals surface area contributed by atoms with Crippen molar-refractivity contribution in [3.63, 3.8) is 0 Å². The van der Waals surface area contributed by atoms with E-state index in [4.69, 9.17) is 10.8 Å². The summed E-state index contributed by atoms with van der Waals surface area (Å²) in [4.78, 5) is 11.1. The maximum absolute atomic E-state index is 11.1. The molecule has 1 aromatic heterocycles. The molecule has 84 valence electrons. The van der Waals surface area contributed by atoms with Crippen LogP contribution >= 0.6 is 15.9 Å². The third-order valence-electron chi connectivity index (χ3n) is 2.48. The number of nitrogens with zero attached hydrogens (tertiary/aromatic N) is 1. The predicted octanol–water partition coefficient (Wildman–Crippen LogP) is 1.45. The van der Waals surface area contributed by atoms with Crippen molar-refractivity contribution < 1.29 is 9.90 Å². The van der Waals surface area contributed by atoms with Crippen LogP contribution in [0.5, 0.6) is 0 Å². The minimum absolute atomic E-state index is 0.0616. The second-order valence-electron chi connectivity index (χ2n) is 3.41. The van der Waals surface area contributed by atoms with Crippen LogP contribution in [0.1, 0.15) is 11.5 Å². The molecule has 1 atom stereocenters. The van der Waals surface area contributed by atoms with Crippen molar-refractivity contribution in [1.82, 2.24) is 10.2 Å². The second-order valence-corrected chi connectivity index (χ2v) is 4.20. The van der Waals surface area contributed by atoms with E-state index in [1.165, 1.54) is 0 Å². The quantitative estimate of drug-likeness (QED) is 0.795. The molecular formula is C10H10BrN3O2. The van der Waals surface area contributed by atoms with Gasteiger partial charge >= 0.3 is 5.97 Å². The number of carboxylic acids is 1. The molecule has 0 bridgehead atoms. The zero-order valence-corrected chi connectivity index (χ0v) is 9.86. The Hall–Kier alpha value is -1.40. The zero-order chi connectivity index (χ0) is 11.7. The van der Waals surface area contributed by atoms with E-state index in [0.29, 0.717) is 10.2 Å². The van der Waals surface area contributed by atoms with E-state index in [9.17, 15) is 4.79 Å². The van der Waals surface area contributed by atoms with Gasteiger partial charge in [0.1, 0.15) is 4.60 Å². The number of aromatic amines is 1. The van der Waals surface area contributed by atoms with Crippen LogP contribution in [0, 0.1) is 0 Å². The van der Waals surface area contributed by atoms with Gasteiger partial charge in [-0.2, -0.15) is 5.10 Å². The van der Waals surface area contributed by atoms with Crippen LogP contribution in [-0.4, -0.2) is 27.8 Å². The number of benzene rings is 1. The molecule has 0 aliphatic rings. The van der Waals surface area contributed by atoms with E-state index in [1.807, 2.05) is 6.07 Å². The Bertz CT molecular complexity index is 538. The molecule has 0 radical (unpaired) electrons. The first kappa shape index (κ1) is 11.1. The van der Waals surface area contributed by atoms with Crippen LogP contribution in [0.25, 0.3) is 10.9 Å². The highest BCUT2D eigenvalue weighted by Crippen LogP contribution is 2.29. The lowest BCUT2D eigenvalue weighted by molar-refractivity contribution is -0.138. The van der Waals surface area contributed by atoms with Crippen LogP contribution in [0.15, 0.2) is 22.8 Å². The largest absolute Gasteiger partial charge is 0.481 e. The summed E-state index contributed by atoms with van der Waals surface area (Å²) in [5, 5.41) is 16.7. The number of halogens is 1. The first-order valence-electron chi connectivity index (χ1n) is 4.70. The smallest absolute Gasteiger partial charge is 0.312 e. The number of nitrogens with one attached hydrogen (secondary N) is 1. The van der Waals surface area contributed by atoms with E-state index >= 15 is 0 Å². The van der Waals surface area contributed by atoms with Crippen molar-refractivity contribution in [2.45, 2.75) is 5.92 Å². The summed E-state index contributed by atoms with van der Waals surface area (Å²) in [7, 11) is 0. The van der Waals surface area contributed by atoms with Gasteiger partial charge in [-0.15, -0.1) is 0 Å². The Morgan fingerprint density at radius 1 is 1.62 bits per heavy atom. The van der Waals surface area contributed by atoms with Gasteiger partial charge in [-0.3, -0.25) is 9.89 Å². The standard InChI is InChI=1S/C10H10BrN3O2/c11-9-8-5(6(4-12)10(15)16)2-1-3-7(8)13-14-9/h1-3,6H,4,12H2,(H,13,14)(H,15,16). The Morgan fingerprint density at radius 2 is 2.38 bits per heavy atom. The number of carbonyl (C=O) groups is 1. The molecule has 2 rings (SSSR count). The predicted molar refractivity (Wildman–Crippen MR) is 63.2 cm³/mol. The van der Waals surface area contributed by atoms with E-state index in [2.05, 4.69) is 26.1 Å². The van der Waals surface area contributed by atoms with E-state index < -0.39 is 11.9 Å². The lowest BCUT2D eigenvalue weighted by Gasteiger charge is -2.11. The summed E-state index contributed by atoms with van der Waals surface area (Å²) in [6, 6.07) is 5.35. The third kappa shape index (κ3) is 1.70. The molecule has 5 nitrogen and oxygen atoms in total. The van der Waals surface area contributed by atoms with Crippen LogP contribution in [0.2, 0.25) is 0 Å². The number of aliphatic carboxylic acids is 1. The first-order valence-corrected chi connectivity index (χ1v) is 5.49. The van der Waals surface area contributed by atoms with Gasteiger partial charge in [0.25, 0.3) is 0 Å². The van der Waals surface area contributed by atoms with Crippen LogP contribution in [0.3, 0.4) is 0 Å². The summed E-state index contributed by atoms with van der Waals surface area (Å²) >= 11 is 3.31. The van der Waals surface area contributed by atoms with Gasteiger partial charge in [0, 0.05) is 11.9 Å². The average molecular weight is 284 g/mol. The number of carboxylic acid groups (broad SMARTS) is 1. The lowest BCUT2D eigenvalue weighted by atomic mass is 9.96. The maximum Gasteiger partial charge on any atom is 0.312 e. The number of rotatable bonds is 3. The van der Waals surface area contributed by atoms with E-state index in [-0.39, 0.29) is 6.54 Å². The molecule has 0 spiro atoms. The minimum atomic E-state index is -0.928. The Balaban J connectivity index is 2.67. The fourth-order valence-corrected chi connectivity index (χ4v) is 2.23. The van der Waals surface area contributed by atoms with Crippen molar-refractivity contribution in [3.05, 3.63) is 28.4 Å². The van der Waals surface area contributed by atoms with Crippen molar-refractivity contribution in [1.29, 1.82) is 0 Å². The zero-order valence-electron chi connectivity index (χ0n) is 8.27. The summed E-state index contributed by atoms with van der Waals surface area (Å²) in [5.74, 6) is -1.64. The van der Waals surface area contributed by atoms with Crippen molar-refractivity contribution in [3.8, 4) is 0 Å². The molecule has 0 fully saturated rings. The Kier molecular flexibility index (Phi) is 2.93. The number of hydrogen-bond acceptors (Lipinski definition) is 3. The topological polar surface area (TPSA) is 92.0 Å². The van der Waals surface area contributed by atoms with Crippen molar-refractivity contribution in [2.24, 2.45) is 5.73 Å². The van der Waals surface area contributed by atoms with Gasteiger partial charge in [-0.1, -0.05) is 12.1 Å². The normalized spacial score (nSPS) is 12.9. The fourth-order valence-electron chi connectivity index (χ4n) is 1.71. The lowest BCUT2D eigenvalue weighted by Crippen LogP contribution is -2.21. The molecular weight excluding hydrogens is 274 g/mol. The first-order chi connectivity index (χ1) is 7.65. The minimum Gasteiger partial charge on any atom is -0.481 e. The molecule has 0 saturated carbocycles. The highest BCUT2D eigenvalue weighted by atomic mass is 79.9. The van der Waals surface area contributed by atoms with Crippen molar-refractivity contribution >= 4 is 32.8 Å². The van der Waals surface area contributed by atoms with Gasteiger partial charge in [-0.05, 0) is 27.6 Å². The molecule has 2 aromatic rings. The van der Waals surface area contributed by atoms with E-state index in [1.54, 1.807) is 12.1 Å². The van der Waals surface area contributed by atoms with Gasteiger partial charge in [0.05, 0.1) is 11.4 Å². The van der Waals surface area contributed by atoms with Gasteiger partial charge < -0.3 is 10.8 Å². The molecule has 16 heavy (non-hydrogen) atoms. The van der Waals surface area contributed by atoms with Gasteiger partial charge in [0.2, 0.25) is 0 Å². The average Bonchev–Trinajstić information content (AvgIpc) is 2.62. The van der Waals surface area contributed by atoms with Crippen molar-refractivity contribution in [2.75, 3.05) is 6.54 Å². The number of hydrogen-bond donors (Lipinski definition) is 3. The number of nitrogens with two attached hydrogens (primary N) is 1. The van der Waals surface area contributed by atoms with Crippen LogP contribution < -0.4 is 5.73 Å². The molecule has 6 heteroatoms. The molecule has 1 heterocycles. The highest BCUT2D eigenvalue weighted by Gasteiger charge is 2.22. The molecule has 0 aliphatic carbocycles. The number of aromatic nitrogens is 2. The molecule has 0 amide bonds. The summed E-state index contributed by atoms with van der Waals surface area (Å²) in [6.07, 6.45) is 0.